The molecular weight excluding hydrogens is 321 g/mol. The van der Waals surface area contributed by atoms with Crippen molar-refractivity contribution in [3.8, 4) is 33.9 Å². The van der Waals surface area contributed by atoms with Crippen molar-refractivity contribution in [2.75, 3.05) is 6.79 Å². The fraction of sp³-hybridized carbons (Fsp3) is 0.0526. The first-order valence-corrected chi connectivity index (χ1v) is 7.78. The van der Waals surface area contributed by atoms with Crippen molar-refractivity contribution in [3.63, 3.8) is 0 Å². The van der Waals surface area contributed by atoms with E-state index in [0.717, 1.165) is 28.1 Å². The van der Waals surface area contributed by atoms with E-state index in [4.69, 9.17) is 9.47 Å². The molecule has 0 atom stereocenters. The van der Waals surface area contributed by atoms with Gasteiger partial charge >= 0.3 is 0 Å². The van der Waals surface area contributed by atoms with Gasteiger partial charge in [0, 0.05) is 17.3 Å². The van der Waals surface area contributed by atoms with Crippen LogP contribution in [0.3, 0.4) is 0 Å². The smallest absolute Gasteiger partial charge is 0.231 e. The lowest BCUT2D eigenvalue weighted by atomic mass is 10.1. The third-order valence-corrected chi connectivity index (χ3v) is 4.22. The van der Waals surface area contributed by atoms with Gasteiger partial charge in [0.25, 0.3) is 0 Å². The lowest BCUT2D eigenvalue weighted by molar-refractivity contribution is 0.174. The first-order valence-electron chi connectivity index (χ1n) is 7.78. The van der Waals surface area contributed by atoms with Gasteiger partial charge in [-0.2, -0.15) is 5.10 Å². The van der Waals surface area contributed by atoms with Crippen LogP contribution >= 0.6 is 0 Å². The zero-order chi connectivity index (χ0) is 16.8. The molecule has 2 aromatic carbocycles. The van der Waals surface area contributed by atoms with E-state index in [1.165, 1.54) is 12.1 Å². The Morgan fingerprint density at radius 1 is 0.920 bits per heavy atom. The minimum absolute atomic E-state index is 0.237. The monoisotopic (exact) mass is 333 g/mol. The van der Waals surface area contributed by atoms with Gasteiger partial charge in [0.2, 0.25) is 6.79 Å². The van der Waals surface area contributed by atoms with Crippen LogP contribution in [-0.2, 0) is 0 Å². The number of nitrogens with zero attached hydrogens (tertiary/aromatic N) is 3. The van der Waals surface area contributed by atoms with Gasteiger partial charge in [-0.1, -0.05) is 12.1 Å². The van der Waals surface area contributed by atoms with Crippen LogP contribution in [0.25, 0.3) is 28.0 Å². The van der Waals surface area contributed by atoms with E-state index in [0.29, 0.717) is 11.4 Å². The summed E-state index contributed by atoms with van der Waals surface area (Å²) in [6.45, 7) is 0.237. The van der Waals surface area contributed by atoms with Crippen molar-refractivity contribution >= 4 is 5.65 Å². The average molecular weight is 333 g/mol. The van der Waals surface area contributed by atoms with Gasteiger partial charge < -0.3 is 9.47 Å². The van der Waals surface area contributed by atoms with E-state index < -0.39 is 0 Å². The molecule has 2 aromatic heterocycles. The summed E-state index contributed by atoms with van der Waals surface area (Å²) < 4.78 is 25.8. The Morgan fingerprint density at radius 2 is 1.72 bits per heavy atom. The summed E-state index contributed by atoms with van der Waals surface area (Å²) in [6.07, 6.45) is 3.48. The lowest BCUT2D eigenvalue weighted by Gasteiger charge is -2.06. The van der Waals surface area contributed by atoms with Crippen LogP contribution < -0.4 is 9.47 Å². The number of hydrogen-bond acceptors (Lipinski definition) is 4. The molecule has 0 bridgehead atoms. The summed E-state index contributed by atoms with van der Waals surface area (Å²) in [5, 5.41) is 4.48. The molecule has 0 saturated carbocycles. The molecule has 5 nitrogen and oxygen atoms in total. The van der Waals surface area contributed by atoms with Crippen molar-refractivity contribution in [3.05, 3.63) is 66.7 Å². The van der Waals surface area contributed by atoms with Gasteiger partial charge in [-0.05, 0) is 42.0 Å². The molecule has 122 valence electrons. The number of rotatable bonds is 2. The second-order valence-corrected chi connectivity index (χ2v) is 5.70. The Kier molecular flexibility index (Phi) is 2.97. The van der Waals surface area contributed by atoms with Gasteiger partial charge in [0.1, 0.15) is 5.82 Å². The van der Waals surface area contributed by atoms with Crippen molar-refractivity contribution < 1.29 is 13.9 Å². The Labute approximate surface area is 142 Å². The fourth-order valence-corrected chi connectivity index (χ4v) is 3.00. The van der Waals surface area contributed by atoms with Gasteiger partial charge in [0.15, 0.2) is 17.1 Å². The quantitative estimate of drug-likeness (QED) is 0.558. The molecule has 5 rings (SSSR count). The maximum absolute atomic E-state index is 13.2. The van der Waals surface area contributed by atoms with Gasteiger partial charge in [0.05, 0.1) is 11.9 Å². The second-order valence-electron chi connectivity index (χ2n) is 5.70. The number of benzene rings is 2. The van der Waals surface area contributed by atoms with Crippen LogP contribution in [0, 0.1) is 5.82 Å². The van der Waals surface area contributed by atoms with E-state index in [-0.39, 0.29) is 12.6 Å². The van der Waals surface area contributed by atoms with Crippen LogP contribution in [-0.4, -0.2) is 21.4 Å². The van der Waals surface area contributed by atoms with Crippen molar-refractivity contribution in [2.45, 2.75) is 0 Å². The number of aromatic nitrogens is 3. The van der Waals surface area contributed by atoms with Crippen molar-refractivity contribution in [1.82, 2.24) is 14.6 Å². The Bertz CT molecular complexity index is 1090. The van der Waals surface area contributed by atoms with Crippen LogP contribution in [0.1, 0.15) is 0 Å². The summed E-state index contributed by atoms with van der Waals surface area (Å²) in [6, 6.07) is 14.0. The molecule has 25 heavy (non-hydrogen) atoms. The molecule has 1 aliphatic rings. The summed E-state index contributed by atoms with van der Waals surface area (Å²) in [4.78, 5) is 4.45. The highest BCUT2D eigenvalue weighted by atomic mass is 19.1. The van der Waals surface area contributed by atoms with E-state index in [1.807, 2.05) is 24.3 Å². The minimum atomic E-state index is -0.269. The van der Waals surface area contributed by atoms with Crippen LogP contribution in [0.2, 0.25) is 0 Å². The topological polar surface area (TPSA) is 48.7 Å². The highest BCUT2D eigenvalue weighted by Gasteiger charge is 2.16. The molecule has 0 spiro atoms. The standard InChI is InChI=1S/C19H12FN3O2/c20-14-4-1-12(2-5-14)15-10-22-23-16(7-8-21-19(15)23)13-3-6-17-18(9-13)25-11-24-17/h1-10H,11H2. The maximum Gasteiger partial charge on any atom is 0.231 e. The predicted molar refractivity (Wildman–Crippen MR) is 89.9 cm³/mol. The van der Waals surface area contributed by atoms with E-state index >= 15 is 0 Å². The molecule has 1 aliphatic heterocycles. The van der Waals surface area contributed by atoms with E-state index in [2.05, 4.69) is 10.1 Å². The number of halogens is 1. The third-order valence-electron chi connectivity index (χ3n) is 4.22. The molecule has 0 radical (unpaired) electrons. The Balaban J connectivity index is 1.67. The summed E-state index contributed by atoms with van der Waals surface area (Å²) in [5.74, 6) is 1.18. The van der Waals surface area contributed by atoms with Crippen LogP contribution in [0.5, 0.6) is 11.5 Å². The summed E-state index contributed by atoms with van der Waals surface area (Å²) in [7, 11) is 0. The molecule has 0 fully saturated rings. The predicted octanol–water partition coefficient (Wildman–Crippen LogP) is 3.93. The summed E-state index contributed by atoms with van der Waals surface area (Å²) >= 11 is 0. The molecule has 0 aliphatic carbocycles. The van der Waals surface area contributed by atoms with Gasteiger partial charge in [-0.15, -0.1) is 0 Å². The highest BCUT2D eigenvalue weighted by Crippen LogP contribution is 2.36. The lowest BCUT2D eigenvalue weighted by Crippen LogP contribution is -1.96. The zero-order valence-corrected chi connectivity index (χ0v) is 13.0. The third kappa shape index (κ3) is 2.22. The number of ether oxygens (including phenoxy) is 2. The van der Waals surface area contributed by atoms with Crippen LogP contribution in [0.4, 0.5) is 4.39 Å². The second kappa shape index (κ2) is 5.31. The minimum Gasteiger partial charge on any atom is -0.454 e. The van der Waals surface area contributed by atoms with Crippen molar-refractivity contribution in [1.29, 1.82) is 0 Å². The molecule has 0 N–H and O–H groups in total. The molecule has 4 aromatic rings. The van der Waals surface area contributed by atoms with E-state index in [1.54, 1.807) is 29.0 Å². The average Bonchev–Trinajstić information content (AvgIpc) is 3.28. The Hall–Kier alpha value is -3.41. The zero-order valence-electron chi connectivity index (χ0n) is 13.0. The van der Waals surface area contributed by atoms with E-state index in [9.17, 15) is 4.39 Å². The first kappa shape index (κ1) is 14.0. The maximum atomic E-state index is 13.2. The summed E-state index contributed by atoms with van der Waals surface area (Å²) in [5.41, 5.74) is 4.26. The number of hydrogen-bond donors (Lipinski definition) is 0. The fourth-order valence-electron chi connectivity index (χ4n) is 3.00. The molecular formula is C19H12FN3O2. The molecule has 0 amide bonds. The van der Waals surface area contributed by atoms with Gasteiger partial charge in [-0.25, -0.2) is 13.9 Å². The highest BCUT2D eigenvalue weighted by molar-refractivity contribution is 5.79. The van der Waals surface area contributed by atoms with Crippen molar-refractivity contribution in [2.24, 2.45) is 0 Å². The largest absolute Gasteiger partial charge is 0.454 e. The molecule has 3 heterocycles. The molecule has 0 saturated heterocycles. The first-order chi connectivity index (χ1) is 12.3. The molecule has 6 heteroatoms. The van der Waals surface area contributed by atoms with Gasteiger partial charge in [-0.3, -0.25) is 0 Å². The molecule has 0 unspecified atom stereocenters. The number of fused-ring (bicyclic) bond motifs is 2. The SMILES string of the molecule is Fc1ccc(-c2cnn3c(-c4ccc5c(c4)OCO5)ccnc23)cc1. The normalized spacial score (nSPS) is 12.7. The van der Waals surface area contributed by atoms with Crippen LogP contribution in [0.15, 0.2) is 60.9 Å². The Morgan fingerprint density at radius 3 is 2.60 bits per heavy atom.